The molecule has 1 aromatic carbocycles. The van der Waals surface area contributed by atoms with Crippen LogP contribution in [-0.2, 0) is 6.54 Å². The van der Waals surface area contributed by atoms with Gasteiger partial charge in [-0.3, -0.25) is 0 Å². The SMILES string of the molecule is CN(CCC(F)(F)F)c1ccc(F)cc1CNC(C)(C)C. The van der Waals surface area contributed by atoms with E-state index in [1.807, 2.05) is 20.8 Å². The second kappa shape index (κ2) is 6.64. The van der Waals surface area contributed by atoms with E-state index in [9.17, 15) is 17.6 Å². The van der Waals surface area contributed by atoms with Gasteiger partial charge < -0.3 is 10.2 Å². The van der Waals surface area contributed by atoms with Gasteiger partial charge in [-0.25, -0.2) is 4.39 Å². The molecule has 0 aliphatic heterocycles. The highest BCUT2D eigenvalue weighted by Crippen LogP contribution is 2.25. The van der Waals surface area contributed by atoms with Gasteiger partial charge in [-0.1, -0.05) is 0 Å². The van der Waals surface area contributed by atoms with Crippen molar-refractivity contribution in [2.45, 2.75) is 45.5 Å². The molecule has 0 spiro atoms. The van der Waals surface area contributed by atoms with Crippen LogP contribution in [0.5, 0.6) is 0 Å². The summed E-state index contributed by atoms with van der Waals surface area (Å²) >= 11 is 0. The maximum Gasteiger partial charge on any atom is 0.390 e. The molecule has 0 aromatic heterocycles. The van der Waals surface area contributed by atoms with E-state index >= 15 is 0 Å². The Labute approximate surface area is 123 Å². The predicted molar refractivity (Wildman–Crippen MR) is 76.9 cm³/mol. The summed E-state index contributed by atoms with van der Waals surface area (Å²) in [4.78, 5) is 1.51. The van der Waals surface area contributed by atoms with Crippen LogP contribution in [0.15, 0.2) is 18.2 Å². The van der Waals surface area contributed by atoms with E-state index in [1.54, 1.807) is 7.05 Å². The molecule has 2 nitrogen and oxygen atoms in total. The Kier molecular flexibility index (Phi) is 5.61. The quantitative estimate of drug-likeness (QED) is 0.824. The summed E-state index contributed by atoms with van der Waals surface area (Å²) in [6.07, 6.45) is -5.09. The molecule has 1 rings (SSSR count). The monoisotopic (exact) mass is 306 g/mol. The predicted octanol–water partition coefficient (Wildman–Crippen LogP) is 4.10. The molecule has 0 aliphatic carbocycles. The lowest BCUT2D eigenvalue weighted by atomic mass is 10.1. The molecule has 0 saturated heterocycles. The maximum atomic E-state index is 13.4. The lowest BCUT2D eigenvalue weighted by Gasteiger charge is -2.26. The summed E-state index contributed by atoms with van der Waals surface area (Å²) in [6, 6.07) is 4.14. The molecule has 1 aromatic rings. The molecule has 0 heterocycles. The number of benzene rings is 1. The number of rotatable bonds is 5. The van der Waals surface area contributed by atoms with Gasteiger partial charge in [0.15, 0.2) is 0 Å². The van der Waals surface area contributed by atoms with E-state index in [-0.39, 0.29) is 12.1 Å². The Bertz CT molecular complexity index is 464. The van der Waals surface area contributed by atoms with E-state index in [4.69, 9.17) is 0 Å². The smallest absolute Gasteiger partial charge is 0.374 e. The number of hydrogen-bond donors (Lipinski definition) is 1. The topological polar surface area (TPSA) is 15.3 Å². The third kappa shape index (κ3) is 6.80. The highest BCUT2D eigenvalue weighted by molar-refractivity contribution is 5.53. The maximum absolute atomic E-state index is 13.4. The number of nitrogens with zero attached hydrogens (tertiary/aromatic N) is 1. The molecular formula is C15H22F4N2. The number of hydrogen-bond acceptors (Lipinski definition) is 2. The first-order chi connectivity index (χ1) is 9.48. The molecule has 6 heteroatoms. The molecule has 0 bridgehead atoms. The standard InChI is InChI=1S/C15H22F4N2/c1-14(2,3)20-10-11-9-12(16)5-6-13(11)21(4)8-7-15(17,18)19/h5-6,9,20H,7-8,10H2,1-4H3. The molecule has 0 saturated carbocycles. The van der Waals surface area contributed by atoms with Crippen molar-refractivity contribution in [3.05, 3.63) is 29.6 Å². The summed E-state index contributed by atoms with van der Waals surface area (Å²) in [6.45, 7) is 6.16. The fourth-order valence-corrected chi connectivity index (χ4v) is 1.84. The van der Waals surface area contributed by atoms with Crippen LogP contribution < -0.4 is 10.2 Å². The average molecular weight is 306 g/mol. The summed E-state index contributed by atoms with van der Waals surface area (Å²) in [7, 11) is 1.58. The first kappa shape index (κ1) is 17.8. The fourth-order valence-electron chi connectivity index (χ4n) is 1.84. The zero-order chi connectivity index (χ0) is 16.3. The van der Waals surface area contributed by atoms with Gasteiger partial charge in [0.05, 0.1) is 6.42 Å². The second-order valence-electron chi connectivity index (χ2n) is 6.16. The van der Waals surface area contributed by atoms with E-state index in [0.717, 1.165) is 0 Å². The number of alkyl halides is 3. The Hall–Kier alpha value is -1.30. The van der Waals surface area contributed by atoms with E-state index in [0.29, 0.717) is 17.8 Å². The zero-order valence-electron chi connectivity index (χ0n) is 12.8. The van der Waals surface area contributed by atoms with Gasteiger partial charge in [-0.2, -0.15) is 13.2 Å². The van der Waals surface area contributed by atoms with Crippen LogP contribution in [0.25, 0.3) is 0 Å². The molecule has 0 radical (unpaired) electrons. The first-order valence-electron chi connectivity index (χ1n) is 6.79. The van der Waals surface area contributed by atoms with Gasteiger partial charge in [0.25, 0.3) is 0 Å². The summed E-state index contributed by atoms with van der Waals surface area (Å²) in [5, 5.41) is 3.22. The highest BCUT2D eigenvalue weighted by Gasteiger charge is 2.27. The van der Waals surface area contributed by atoms with Crippen molar-refractivity contribution >= 4 is 5.69 Å². The van der Waals surface area contributed by atoms with Crippen molar-refractivity contribution < 1.29 is 17.6 Å². The minimum absolute atomic E-state index is 0.155. The lowest BCUT2D eigenvalue weighted by molar-refractivity contribution is -0.132. The first-order valence-corrected chi connectivity index (χ1v) is 6.79. The molecular weight excluding hydrogens is 284 g/mol. The molecule has 0 amide bonds. The van der Waals surface area contributed by atoms with E-state index in [1.165, 1.54) is 23.1 Å². The Morgan fingerprint density at radius 2 is 1.76 bits per heavy atom. The summed E-state index contributed by atoms with van der Waals surface area (Å²) in [5.74, 6) is -0.395. The van der Waals surface area contributed by atoms with Crippen LogP contribution in [0, 0.1) is 5.82 Å². The van der Waals surface area contributed by atoms with Crippen LogP contribution >= 0.6 is 0 Å². The third-order valence-corrected chi connectivity index (χ3v) is 2.99. The second-order valence-corrected chi connectivity index (χ2v) is 6.16. The van der Waals surface area contributed by atoms with Crippen molar-refractivity contribution in [3.8, 4) is 0 Å². The number of anilines is 1. The largest absolute Gasteiger partial charge is 0.390 e. The van der Waals surface area contributed by atoms with Crippen LogP contribution in [0.1, 0.15) is 32.8 Å². The molecule has 120 valence electrons. The van der Waals surface area contributed by atoms with Gasteiger partial charge in [-0.15, -0.1) is 0 Å². The van der Waals surface area contributed by atoms with Crippen molar-refractivity contribution in [1.82, 2.24) is 5.32 Å². The van der Waals surface area contributed by atoms with E-state index in [2.05, 4.69) is 5.32 Å². The van der Waals surface area contributed by atoms with Crippen molar-refractivity contribution in [3.63, 3.8) is 0 Å². The van der Waals surface area contributed by atoms with Gasteiger partial charge in [0.1, 0.15) is 5.82 Å². The van der Waals surface area contributed by atoms with Crippen molar-refractivity contribution in [1.29, 1.82) is 0 Å². The van der Waals surface area contributed by atoms with Crippen molar-refractivity contribution in [2.75, 3.05) is 18.5 Å². The molecule has 0 atom stereocenters. The lowest BCUT2D eigenvalue weighted by Crippen LogP contribution is -2.35. The van der Waals surface area contributed by atoms with Crippen molar-refractivity contribution in [2.24, 2.45) is 0 Å². The van der Waals surface area contributed by atoms with Gasteiger partial charge in [0, 0.05) is 31.4 Å². The minimum Gasteiger partial charge on any atom is -0.374 e. The fraction of sp³-hybridized carbons (Fsp3) is 0.600. The molecule has 0 aliphatic rings. The number of nitrogens with one attached hydrogen (secondary N) is 1. The van der Waals surface area contributed by atoms with Gasteiger partial charge in [-0.05, 0) is 44.5 Å². The van der Waals surface area contributed by atoms with Crippen LogP contribution in [0.3, 0.4) is 0 Å². The summed E-state index contributed by atoms with van der Waals surface area (Å²) < 4.78 is 50.3. The third-order valence-electron chi connectivity index (χ3n) is 2.99. The highest BCUT2D eigenvalue weighted by atomic mass is 19.4. The molecule has 0 unspecified atom stereocenters. The Morgan fingerprint density at radius 1 is 1.14 bits per heavy atom. The molecule has 0 fully saturated rings. The normalized spacial score (nSPS) is 12.6. The molecule has 1 N–H and O–H groups in total. The van der Waals surface area contributed by atoms with E-state index < -0.39 is 18.4 Å². The Balaban J connectivity index is 2.85. The zero-order valence-corrected chi connectivity index (χ0v) is 12.8. The minimum atomic E-state index is -4.20. The molecule has 21 heavy (non-hydrogen) atoms. The van der Waals surface area contributed by atoms with Crippen LogP contribution in [0.4, 0.5) is 23.2 Å². The van der Waals surface area contributed by atoms with Gasteiger partial charge >= 0.3 is 6.18 Å². The Morgan fingerprint density at radius 3 is 2.29 bits per heavy atom. The van der Waals surface area contributed by atoms with Crippen LogP contribution in [-0.4, -0.2) is 25.3 Å². The number of halogens is 4. The average Bonchev–Trinajstić information content (AvgIpc) is 2.32. The van der Waals surface area contributed by atoms with Gasteiger partial charge in [0.2, 0.25) is 0 Å². The van der Waals surface area contributed by atoms with Crippen LogP contribution in [0.2, 0.25) is 0 Å². The summed E-state index contributed by atoms with van der Waals surface area (Å²) in [5.41, 5.74) is 1.10.